The van der Waals surface area contributed by atoms with Crippen LogP contribution in [0.4, 0.5) is 5.69 Å². The monoisotopic (exact) mass is 469 g/mol. The second kappa shape index (κ2) is 9.14. The first-order chi connectivity index (χ1) is 16.1. The Kier molecular flexibility index (Phi) is 5.90. The molecule has 0 radical (unpaired) electrons. The van der Waals surface area contributed by atoms with Gasteiger partial charge in [0.15, 0.2) is 5.84 Å². The van der Waals surface area contributed by atoms with Crippen LogP contribution in [0.25, 0.3) is 21.9 Å². The molecule has 0 saturated carbocycles. The van der Waals surface area contributed by atoms with Crippen LogP contribution in [0.2, 0.25) is 5.02 Å². The van der Waals surface area contributed by atoms with Crippen molar-refractivity contribution in [3.05, 3.63) is 107 Å². The van der Waals surface area contributed by atoms with Gasteiger partial charge in [0.25, 0.3) is 0 Å². The summed E-state index contributed by atoms with van der Waals surface area (Å²) >= 11 is 10.8. The number of hydrogen-bond acceptors (Lipinski definition) is 3. The molecule has 1 aromatic heterocycles. The van der Waals surface area contributed by atoms with Crippen molar-refractivity contribution < 1.29 is 4.42 Å². The van der Waals surface area contributed by atoms with E-state index in [1.54, 1.807) is 12.1 Å². The summed E-state index contributed by atoms with van der Waals surface area (Å²) in [4.78, 5) is 10.5. The summed E-state index contributed by atoms with van der Waals surface area (Å²) in [6.45, 7) is 0. The van der Waals surface area contributed by atoms with Gasteiger partial charge in [-0.3, -0.25) is 0 Å². The van der Waals surface area contributed by atoms with Crippen molar-refractivity contribution >= 4 is 63.5 Å². The van der Waals surface area contributed by atoms with Crippen LogP contribution in [-0.4, -0.2) is 18.7 Å². The first-order valence-electron chi connectivity index (χ1n) is 10.4. The smallest absolute Gasteiger partial charge is 0.162 e. The summed E-state index contributed by atoms with van der Waals surface area (Å²) in [6, 6.07) is 29.3. The predicted molar refractivity (Wildman–Crippen MR) is 141 cm³/mol. The molecule has 162 valence electrons. The number of para-hydroxylation sites is 2. The van der Waals surface area contributed by atoms with E-state index < -0.39 is 0 Å². The number of nitrogens with one attached hydrogen (secondary N) is 1. The molecule has 0 bridgehead atoms. The molecular weight excluding hydrogens is 450 g/mol. The van der Waals surface area contributed by atoms with Gasteiger partial charge < -0.3 is 9.73 Å². The van der Waals surface area contributed by atoms with Crippen molar-refractivity contribution in [3.63, 3.8) is 0 Å². The van der Waals surface area contributed by atoms with E-state index in [2.05, 4.69) is 30.1 Å². The number of hydrogen-bond donors (Lipinski definition) is 2. The van der Waals surface area contributed by atoms with Crippen LogP contribution in [0.1, 0.15) is 11.1 Å². The highest BCUT2D eigenvalue weighted by Gasteiger charge is 2.15. The van der Waals surface area contributed by atoms with Crippen LogP contribution in [0.5, 0.6) is 0 Å². The molecule has 6 heteroatoms. The lowest BCUT2D eigenvalue weighted by Gasteiger charge is -2.10. The summed E-state index contributed by atoms with van der Waals surface area (Å²) in [7, 11) is 1.84. The zero-order chi connectivity index (χ0) is 22.8. The minimum Gasteiger partial charge on any atom is -0.455 e. The Balaban J connectivity index is 1.72. The van der Waals surface area contributed by atoms with Gasteiger partial charge in [0, 0.05) is 33.3 Å². The zero-order valence-corrected chi connectivity index (χ0v) is 19.4. The first kappa shape index (κ1) is 21.3. The fourth-order valence-electron chi connectivity index (χ4n) is 3.73. The topological polar surface area (TPSA) is 49.9 Å². The van der Waals surface area contributed by atoms with Crippen LogP contribution in [0.3, 0.4) is 0 Å². The van der Waals surface area contributed by atoms with E-state index in [-0.39, 0.29) is 0 Å². The van der Waals surface area contributed by atoms with Crippen molar-refractivity contribution in [3.8, 4) is 0 Å². The summed E-state index contributed by atoms with van der Waals surface area (Å²) in [5.74, 6) is 1.18. The van der Waals surface area contributed by atoms with E-state index in [1.807, 2.05) is 73.8 Å². The van der Waals surface area contributed by atoms with Gasteiger partial charge in [-0.15, -0.1) is 12.6 Å². The van der Waals surface area contributed by atoms with Crippen LogP contribution in [0.15, 0.2) is 110 Å². The van der Waals surface area contributed by atoms with E-state index in [0.29, 0.717) is 27.3 Å². The number of thiol groups is 1. The molecule has 0 atom stereocenters. The Morgan fingerprint density at radius 3 is 2.45 bits per heavy atom. The van der Waals surface area contributed by atoms with E-state index in [9.17, 15) is 0 Å². The number of amidine groups is 2. The molecule has 4 aromatic carbocycles. The number of furan rings is 1. The molecule has 0 unspecified atom stereocenters. The van der Waals surface area contributed by atoms with Gasteiger partial charge >= 0.3 is 0 Å². The molecule has 1 heterocycles. The second-order valence-electron chi connectivity index (χ2n) is 7.43. The highest BCUT2D eigenvalue weighted by Crippen LogP contribution is 2.31. The van der Waals surface area contributed by atoms with Gasteiger partial charge in [-0.2, -0.15) is 0 Å². The molecular formula is C27H20ClN3OS. The third-order valence-electron chi connectivity index (χ3n) is 5.31. The maximum absolute atomic E-state index is 6.22. The maximum atomic E-state index is 6.22. The second-order valence-corrected chi connectivity index (χ2v) is 8.34. The average molecular weight is 470 g/mol. The molecule has 0 fully saturated rings. The lowest BCUT2D eigenvalue weighted by molar-refractivity contribution is 0.668. The Bertz CT molecular complexity index is 1520. The normalized spacial score (nSPS) is 12.5. The summed E-state index contributed by atoms with van der Waals surface area (Å²) in [5.41, 5.74) is 3.98. The summed E-state index contributed by atoms with van der Waals surface area (Å²) in [6.07, 6.45) is 0. The largest absolute Gasteiger partial charge is 0.455 e. The van der Waals surface area contributed by atoms with Crippen molar-refractivity contribution in [2.75, 3.05) is 7.05 Å². The highest BCUT2D eigenvalue weighted by atomic mass is 35.5. The Hall–Kier alpha value is -3.54. The van der Waals surface area contributed by atoms with Crippen LogP contribution in [-0.2, 0) is 0 Å². The Morgan fingerprint density at radius 1 is 0.879 bits per heavy atom. The van der Waals surface area contributed by atoms with Gasteiger partial charge in [-0.05, 0) is 30.3 Å². The molecule has 0 aliphatic heterocycles. The van der Waals surface area contributed by atoms with E-state index in [0.717, 1.165) is 33.1 Å². The van der Waals surface area contributed by atoms with Gasteiger partial charge in [0.2, 0.25) is 0 Å². The lowest BCUT2D eigenvalue weighted by Crippen LogP contribution is -2.21. The third kappa shape index (κ3) is 4.25. The number of fused-ring (bicyclic) bond motifs is 3. The Labute approximate surface area is 202 Å². The lowest BCUT2D eigenvalue weighted by atomic mass is 10.1. The van der Waals surface area contributed by atoms with Crippen LogP contribution < -0.4 is 5.32 Å². The quantitative estimate of drug-likeness (QED) is 0.166. The zero-order valence-electron chi connectivity index (χ0n) is 17.8. The summed E-state index contributed by atoms with van der Waals surface area (Å²) < 4.78 is 6.22. The third-order valence-corrected chi connectivity index (χ3v) is 5.92. The van der Waals surface area contributed by atoms with Crippen molar-refractivity contribution in [2.45, 2.75) is 4.90 Å². The molecule has 1 N–H and O–H groups in total. The van der Waals surface area contributed by atoms with Crippen LogP contribution >= 0.6 is 24.2 Å². The molecule has 5 rings (SSSR count). The number of rotatable bonds is 3. The van der Waals surface area contributed by atoms with Crippen LogP contribution in [0, 0.1) is 0 Å². The van der Waals surface area contributed by atoms with Gasteiger partial charge in [-0.1, -0.05) is 72.3 Å². The van der Waals surface area contributed by atoms with E-state index in [1.165, 1.54) is 0 Å². The van der Waals surface area contributed by atoms with Gasteiger partial charge in [0.1, 0.15) is 17.0 Å². The number of aliphatic imine (C=N–C) groups is 2. The number of halogens is 1. The molecule has 33 heavy (non-hydrogen) atoms. The van der Waals surface area contributed by atoms with Crippen molar-refractivity contribution in [1.82, 2.24) is 5.32 Å². The molecule has 5 aromatic rings. The van der Waals surface area contributed by atoms with Crippen molar-refractivity contribution in [2.24, 2.45) is 9.98 Å². The molecule has 4 nitrogen and oxygen atoms in total. The van der Waals surface area contributed by atoms with E-state index >= 15 is 0 Å². The van der Waals surface area contributed by atoms with E-state index in [4.69, 9.17) is 26.0 Å². The predicted octanol–water partition coefficient (Wildman–Crippen LogP) is 7.27. The highest BCUT2D eigenvalue weighted by molar-refractivity contribution is 7.80. The Morgan fingerprint density at radius 2 is 1.64 bits per heavy atom. The average Bonchev–Trinajstić information content (AvgIpc) is 3.23. The fraction of sp³-hybridized carbons (Fsp3) is 0.0370. The van der Waals surface area contributed by atoms with Gasteiger partial charge in [-0.25, -0.2) is 9.98 Å². The standard InChI is InChI=1S/C27H20ClN3OS/c1-29-27(21-12-7-11-20-19-10-5-6-13-23(19)32-25(20)21)31-26(17-8-3-2-4-9-17)30-22-16-18(28)14-15-24(22)33/h2-16,33H,1H3,(H,29,30,31). The number of nitrogens with zero attached hydrogens (tertiary/aromatic N) is 2. The molecule has 0 aliphatic carbocycles. The molecule has 0 spiro atoms. The fourth-order valence-corrected chi connectivity index (χ4v) is 4.09. The minimum atomic E-state index is 0.533. The molecule has 0 saturated heterocycles. The SMILES string of the molecule is CN/C(=N\C(=N/c1cc(Cl)ccc1S)c1ccccc1)c1cccc2c1oc1ccccc12. The van der Waals surface area contributed by atoms with Gasteiger partial charge in [0.05, 0.1) is 11.3 Å². The minimum absolute atomic E-state index is 0.533. The maximum Gasteiger partial charge on any atom is 0.162 e. The first-order valence-corrected chi connectivity index (χ1v) is 11.3. The summed E-state index contributed by atoms with van der Waals surface area (Å²) in [5, 5.41) is 5.93. The molecule has 0 amide bonds. The van der Waals surface area contributed by atoms with Crippen molar-refractivity contribution in [1.29, 1.82) is 0 Å². The molecule has 0 aliphatic rings. The number of benzene rings is 4.